The van der Waals surface area contributed by atoms with Crippen molar-refractivity contribution in [2.24, 2.45) is 11.7 Å². The summed E-state index contributed by atoms with van der Waals surface area (Å²) in [5, 5.41) is 0. The average molecular weight is 113 g/mol. The molecule has 1 rings (SSSR count). The van der Waals surface area contributed by atoms with Gasteiger partial charge in [0.25, 0.3) is 0 Å². The Kier molecular flexibility index (Phi) is 1.90. The van der Waals surface area contributed by atoms with Crippen molar-refractivity contribution in [2.75, 3.05) is 0 Å². The highest BCUT2D eigenvalue weighted by Gasteiger charge is 2.13. The molecule has 0 amide bonds. The predicted molar refractivity (Wildman–Crippen MR) is 35.6 cm³/mol. The molecular formula is C7H15N. The molecule has 2 atom stereocenters. The quantitative estimate of drug-likeness (QED) is 0.506. The molecule has 0 aromatic carbocycles. The lowest BCUT2D eigenvalue weighted by molar-refractivity contribution is 0.344. The largest absolute Gasteiger partial charge is 0.328 e. The van der Waals surface area contributed by atoms with E-state index in [1.54, 1.807) is 0 Å². The maximum atomic E-state index is 5.73. The van der Waals surface area contributed by atoms with Crippen LogP contribution in [0.3, 0.4) is 0 Å². The molecule has 8 heavy (non-hydrogen) atoms. The van der Waals surface area contributed by atoms with Gasteiger partial charge in [-0.05, 0) is 18.8 Å². The first-order valence-corrected chi connectivity index (χ1v) is 3.54. The first-order chi connectivity index (χ1) is 3.79. The van der Waals surface area contributed by atoms with E-state index in [-0.39, 0.29) is 0 Å². The summed E-state index contributed by atoms with van der Waals surface area (Å²) in [5.74, 6) is 0.888. The van der Waals surface area contributed by atoms with Gasteiger partial charge in [-0.3, -0.25) is 0 Å². The van der Waals surface area contributed by atoms with Gasteiger partial charge in [-0.15, -0.1) is 0 Å². The molecular weight excluding hydrogens is 98.1 g/mol. The third-order valence-corrected chi connectivity index (χ3v) is 1.98. The summed E-state index contributed by atoms with van der Waals surface area (Å²) >= 11 is 0. The normalized spacial score (nSPS) is 39.8. The molecule has 0 heterocycles. The summed E-state index contributed by atoms with van der Waals surface area (Å²) in [5.41, 5.74) is 5.73. The van der Waals surface area contributed by atoms with Gasteiger partial charge in [0.15, 0.2) is 0 Å². The molecule has 0 saturated heterocycles. The van der Waals surface area contributed by atoms with Crippen LogP contribution in [-0.4, -0.2) is 6.04 Å². The van der Waals surface area contributed by atoms with Crippen LogP contribution in [0.1, 0.15) is 32.6 Å². The molecule has 1 saturated carbocycles. The zero-order valence-electron chi connectivity index (χ0n) is 5.56. The Bertz CT molecular complexity index is 62.8. The summed E-state index contributed by atoms with van der Waals surface area (Å²) in [7, 11) is 0. The molecule has 1 heteroatoms. The molecule has 2 N–H and O–H groups in total. The molecule has 0 bridgehead atoms. The molecule has 1 aliphatic rings. The van der Waals surface area contributed by atoms with E-state index in [0.29, 0.717) is 6.04 Å². The lowest BCUT2D eigenvalue weighted by Crippen LogP contribution is -2.26. The highest BCUT2D eigenvalue weighted by Crippen LogP contribution is 2.21. The standard InChI is InChI=1S/C7H15N/c1-6-3-2-4-7(8)5-6/h6-7H,2-5,8H2,1H3/t6-,7-/m0/s1. The van der Waals surface area contributed by atoms with E-state index in [1.807, 2.05) is 0 Å². The van der Waals surface area contributed by atoms with Crippen molar-refractivity contribution >= 4 is 0 Å². The molecule has 1 nitrogen and oxygen atoms in total. The molecule has 0 aromatic rings. The number of nitrogens with two attached hydrogens (primary N) is 1. The predicted octanol–water partition coefficient (Wildman–Crippen LogP) is 1.52. The maximum Gasteiger partial charge on any atom is 0.00413 e. The fraction of sp³-hybridized carbons (Fsp3) is 1.00. The van der Waals surface area contributed by atoms with Crippen LogP contribution in [-0.2, 0) is 0 Å². The Morgan fingerprint density at radius 2 is 2.12 bits per heavy atom. The first kappa shape index (κ1) is 6.09. The second kappa shape index (κ2) is 2.49. The fourth-order valence-electron chi connectivity index (χ4n) is 1.48. The van der Waals surface area contributed by atoms with E-state index in [2.05, 4.69) is 6.92 Å². The zero-order valence-corrected chi connectivity index (χ0v) is 5.56. The minimum absolute atomic E-state index is 0.513. The molecule has 1 fully saturated rings. The van der Waals surface area contributed by atoms with Gasteiger partial charge in [0.2, 0.25) is 0 Å². The smallest absolute Gasteiger partial charge is 0.00413 e. The molecule has 0 aliphatic heterocycles. The highest BCUT2D eigenvalue weighted by molar-refractivity contribution is 4.71. The Morgan fingerprint density at radius 3 is 2.50 bits per heavy atom. The van der Waals surface area contributed by atoms with E-state index in [4.69, 9.17) is 5.73 Å². The van der Waals surface area contributed by atoms with Crippen molar-refractivity contribution in [3.8, 4) is 0 Å². The van der Waals surface area contributed by atoms with Crippen LogP contribution in [0.2, 0.25) is 0 Å². The molecule has 48 valence electrons. The summed E-state index contributed by atoms with van der Waals surface area (Å²) in [6.45, 7) is 2.29. The molecule has 0 aromatic heterocycles. The Hall–Kier alpha value is -0.0400. The fourth-order valence-corrected chi connectivity index (χ4v) is 1.48. The van der Waals surface area contributed by atoms with E-state index in [0.717, 1.165) is 5.92 Å². The van der Waals surface area contributed by atoms with Crippen molar-refractivity contribution in [1.82, 2.24) is 0 Å². The van der Waals surface area contributed by atoms with Crippen LogP contribution in [0.5, 0.6) is 0 Å². The van der Waals surface area contributed by atoms with Crippen LogP contribution in [0.4, 0.5) is 0 Å². The molecule has 0 unspecified atom stereocenters. The minimum Gasteiger partial charge on any atom is -0.328 e. The van der Waals surface area contributed by atoms with Crippen molar-refractivity contribution in [3.05, 3.63) is 0 Å². The monoisotopic (exact) mass is 113 g/mol. The van der Waals surface area contributed by atoms with Gasteiger partial charge in [-0.25, -0.2) is 0 Å². The third kappa shape index (κ3) is 1.48. The summed E-state index contributed by atoms with van der Waals surface area (Å²) < 4.78 is 0. The number of hydrogen-bond donors (Lipinski definition) is 1. The summed E-state index contributed by atoms with van der Waals surface area (Å²) in [6.07, 6.45) is 5.25. The average Bonchev–Trinajstić information content (AvgIpc) is 1.64. The Balaban J connectivity index is 2.23. The Morgan fingerprint density at radius 1 is 1.38 bits per heavy atom. The summed E-state index contributed by atoms with van der Waals surface area (Å²) in [4.78, 5) is 0. The maximum absolute atomic E-state index is 5.73. The molecule has 1 aliphatic carbocycles. The van der Waals surface area contributed by atoms with Gasteiger partial charge in [0.05, 0.1) is 0 Å². The van der Waals surface area contributed by atoms with E-state index >= 15 is 0 Å². The van der Waals surface area contributed by atoms with Gasteiger partial charge >= 0.3 is 0 Å². The van der Waals surface area contributed by atoms with Crippen molar-refractivity contribution in [3.63, 3.8) is 0 Å². The topological polar surface area (TPSA) is 26.0 Å². The second-order valence-electron chi connectivity index (χ2n) is 3.03. The number of rotatable bonds is 0. The highest BCUT2D eigenvalue weighted by atomic mass is 14.6. The minimum atomic E-state index is 0.513. The zero-order chi connectivity index (χ0) is 5.98. The van der Waals surface area contributed by atoms with E-state index < -0.39 is 0 Å². The lowest BCUT2D eigenvalue weighted by atomic mass is 9.88. The Labute approximate surface area is 51.3 Å². The number of hydrogen-bond acceptors (Lipinski definition) is 1. The van der Waals surface area contributed by atoms with Crippen LogP contribution >= 0.6 is 0 Å². The van der Waals surface area contributed by atoms with Crippen molar-refractivity contribution in [2.45, 2.75) is 38.6 Å². The van der Waals surface area contributed by atoms with Gasteiger partial charge in [0, 0.05) is 6.04 Å². The SMILES string of the molecule is C[C@H]1CCC[C@H](N)C1. The van der Waals surface area contributed by atoms with Gasteiger partial charge in [0.1, 0.15) is 0 Å². The van der Waals surface area contributed by atoms with E-state index in [1.165, 1.54) is 25.7 Å². The molecule has 0 spiro atoms. The van der Waals surface area contributed by atoms with Crippen LogP contribution in [0.15, 0.2) is 0 Å². The van der Waals surface area contributed by atoms with Gasteiger partial charge in [-0.1, -0.05) is 19.8 Å². The van der Waals surface area contributed by atoms with Gasteiger partial charge < -0.3 is 5.73 Å². The summed E-state index contributed by atoms with van der Waals surface area (Å²) in [6, 6.07) is 0.513. The van der Waals surface area contributed by atoms with Crippen molar-refractivity contribution in [1.29, 1.82) is 0 Å². The van der Waals surface area contributed by atoms with Crippen LogP contribution in [0, 0.1) is 5.92 Å². The molecule has 0 radical (unpaired) electrons. The first-order valence-electron chi connectivity index (χ1n) is 3.54. The van der Waals surface area contributed by atoms with Crippen molar-refractivity contribution < 1.29 is 0 Å². The van der Waals surface area contributed by atoms with Crippen LogP contribution in [0.25, 0.3) is 0 Å². The third-order valence-electron chi connectivity index (χ3n) is 1.98. The van der Waals surface area contributed by atoms with Gasteiger partial charge in [-0.2, -0.15) is 0 Å². The van der Waals surface area contributed by atoms with E-state index in [9.17, 15) is 0 Å². The lowest BCUT2D eigenvalue weighted by Gasteiger charge is -2.22. The second-order valence-corrected chi connectivity index (χ2v) is 3.03. The van der Waals surface area contributed by atoms with Crippen LogP contribution < -0.4 is 5.73 Å².